The van der Waals surface area contributed by atoms with Gasteiger partial charge in [-0.2, -0.15) is 0 Å². The highest BCUT2D eigenvalue weighted by Gasteiger charge is 2.33. The van der Waals surface area contributed by atoms with E-state index in [-0.39, 0.29) is 5.75 Å². The summed E-state index contributed by atoms with van der Waals surface area (Å²) in [6.45, 7) is 1.49. The van der Waals surface area contributed by atoms with E-state index in [0.29, 0.717) is 11.1 Å². The molecule has 1 saturated carbocycles. The highest BCUT2D eigenvalue weighted by molar-refractivity contribution is 5.42. The van der Waals surface area contributed by atoms with Crippen LogP contribution in [0.5, 0.6) is 5.75 Å². The van der Waals surface area contributed by atoms with E-state index in [2.05, 4.69) is 0 Å². The van der Waals surface area contributed by atoms with E-state index in [1.807, 2.05) is 0 Å². The number of halogens is 1. The number of hydrogen-bond acceptors (Lipinski definition) is 2. The number of hydrogen-bond donors (Lipinski definition) is 2. The Bertz CT molecular complexity index is 384. The van der Waals surface area contributed by atoms with Gasteiger partial charge >= 0.3 is 0 Å². The summed E-state index contributed by atoms with van der Waals surface area (Å²) in [5.74, 6) is 0.189. The maximum Gasteiger partial charge on any atom is 0.122 e. The second kappa shape index (κ2) is 4.06. The number of rotatable bonds is 2. The lowest BCUT2D eigenvalue weighted by atomic mass is 9.87. The number of phenols is 1. The smallest absolute Gasteiger partial charge is 0.122 e. The van der Waals surface area contributed by atoms with Gasteiger partial charge < -0.3 is 10.8 Å². The SMILES string of the molecule is CC(F)c1ccc(O)c(C2(N)CCCC2)c1. The summed E-state index contributed by atoms with van der Waals surface area (Å²) in [5.41, 5.74) is 7.09. The van der Waals surface area contributed by atoms with Gasteiger partial charge in [-0.15, -0.1) is 0 Å². The third-order valence-electron chi connectivity index (χ3n) is 3.51. The molecule has 0 saturated heterocycles. The molecule has 1 fully saturated rings. The number of aromatic hydroxyl groups is 1. The molecule has 88 valence electrons. The third-order valence-corrected chi connectivity index (χ3v) is 3.51. The fraction of sp³-hybridized carbons (Fsp3) is 0.538. The first-order valence-electron chi connectivity index (χ1n) is 5.79. The van der Waals surface area contributed by atoms with Crippen molar-refractivity contribution in [3.05, 3.63) is 29.3 Å². The second-order valence-electron chi connectivity index (χ2n) is 4.76. The molecule has 16 heavy (non-hydrogen) atoms. The molecule has 1 aromatic carbocycles. The monoisotopic (exact) mass is 223 g/mol. The van der Waals surface area contributed by atoms with E-state index in [4.69, 9.17) is 5.73 Å². The van der Waals surface area contributed by atoms with Crippen LogP contribution in [0.1, 0.15) is 49.9 Å². The molecule has 1 aliphatic carbocycles. The normalized spacial score (nSPS) is 20.9. The lowest BCUT2D eigenvalue weighted by Crippen LogP contribution is -2.33. The first kappa shape index (κ1) is 11.4. The third kappa shape index (κ3) is 1.92. The van der Waals surface area contributed by atoms with Crippen molar-refractivity contribution < 1.29 is 9.50 Å². The number of phenolic OH excluding ortho intramolecular Hbond substituents is 1. The van der Waals surface area contributed by atoms with Crippen LogP contribution in [0.2, 0.25) is 0 Å². The molecule has 0 aliphatic heterocycles. The number of nitrogens with two attached hydrogens (primary N) is 1. The Morgan fingerprint density at radius 2 is 2.00 bits per heavy atom. The van der Waals surface area contributed by atoms with Gasteiger partial charge in [-0.1, -0.05) is 18.9 Å². The van der Waals surface area contributed by atoms with Crippen molar-refractivity contribution in [2.45, 2.75) is 44.3 Å². The topological polar surface area (TPSA) is 46.2 Å². The lowest BCUT2D eigenvalue weighted by molar-refractivity contribution is 0.369. The Kier molecular flexibility index (Phi) is 2.89. The predicted molar refractivity (Wildman–Crippen MR) is 62.0 cm³/mol. The molecule has 0 radical (unpaired) electrons. The minimum atomic E-state index is -1.02. The number of alkyl halides is 1. The van der Waals surface area contributed by atoms with Crippen molar-refractivity contribution in [2.75, 3.05) is 0 Å². The minimum absolute atomic E-state index is 0.189. The van der Waals surface area contributed by atoms with E-state index in [1.54, 1.807) is 18.2 Å². The summed E-state index contributed by atoms with van der Waals surface area (Å²) in [6, 6.07) is 4.88. The van der Waals surface area contributed by atoms with Gasteiger partial charge in [0.05, 0.1) is 0 Å². The highest BCUT2D eigenvalue weighted by atomic mass is 19.1. The van der Waals surface area contributed by atoms with E-state index < -0.39 is 11.7 Å². The summed E-state index contributed by atoms with van der Waals surface area (Å²) in [4.78, 5) is 0. The van der Waals surface area contributed by atoms with Crippen molar-refractivity contribution in [3.8, 4) is 5.75 Å². The zero-order chi connectivity index (χ0) is 11.8. The molecule has 0 aromatic heterocycles. The summed E-state index contributed by atoms with van der Waals surface area (Å²) < 4.78 is 13.2. The van der Waals surface area contributed by atoms with Crippen LogP contribution < -0.4 is 5.73 Å². The minimum Gasteiger partial charge on any atom is -0.508 e. The van der Waals surface area contributed by atoms with Gasteiger partial charge in [0.2, 0.25) is 0 Å². The maximum absolute atomic E-state index is 13.2. The van der Waals surface area contributed by atoms with Crippen LogP contribution in [0.25, 0.3) is 0 Å². The zero-order valence-corrected chi connectivity index (χ0v) is 9.54. The van der Waals surface area contributed by atoms with Crippen molar-refractivity contribution in [2.24, 2.45) is 5.73 Å². The van der Waals surface area contributed by atoms with Crippen LogP contribution in [0.15, 0.2) is 18.2 Å². The molecule has 0 heterocycles. The molecule has 1 aromatic rings. The Hall–Kier alpha value is -1.09. The van der Waals surface area contributed by atoms with E-state index in [0.717, 1.165) is 25.7 Å². The molecule has 0 bridgehead atoms. The maximum atomic E-state index is 13.2. The fourth-order valence-corrected chi connectivity index (χ4v) is 2.48. The molecule has 2 rings (SSSR count). The van der Waals surface area contributed by atoms with Crippen LogP contribution in [-0.2, 0) is 5.54 Å². The van der Waals surface area contributed by atoms with Crippen LogP contribution in [0.4, 0.5) is 4.39 Å². The predicted octanol–water partition coefficient (Wildman–Crippen LogP) is 3.15. The van der Waals surface area contributed by atoms with Crippen molar-refractivity contribution in [3.63, 3.8) is 0 Å². The lowest BCUT2D eigenvalue weighted by Gasteiger charge is -2.25. The Labute approximate surface area is 95.3 Å². The molecule has 3 heteroatoms. The summed E-state index contributed by atoms with van der Waals surface area (Å²) >= 11 is 0. The average molecular weight is 223 g/mol. The molecule has 1 atom stereocenters. The van der Waals surface area contributed by atoms with Gasteiger partial charge in [-0.05, 0) is 37.5 Å². The molecule has 1 unspecified atom stereocenters. The average Bonchev–Trinajstić information content (AvgIpc) is 2.66. The van der Waals surface area contributed by atoms with Crippen LogP contribution in [0, 0.1) is 0 Å². The molecule has 0 spiro atoms. The summed E-state index contributed by atoms with van der Waals surface area (Å²) in [7, 11) is 0. The first-order valence-corrected chi connectivity index (χ1v) is 5.79. The zero-order valence-electron chi connectivity index (χ0n) is 9.54. The highest BCUT2D eigenvalue weighted by Crippen LogP contribution is 2.41. The van der Waals surface area contributed by atoms with Crippen molar-refractivity contribution in [1.82, 2.24) is 0 Å². The van der Waals surface area contributed by atoms with Gasteiger partial charge in [0.1, 0.15) is 11.9 Å². The van der Waals surface area contributed by atoms with Crippen LogP contribution in [0.3, 0.4) is 0 Å². The van der Waals surface area contributed by atoms with Gasteiger partial charge in [0.15, 0.2) is 0 Å². The van der Waals surface area contributed by atoms with Gasteiger partial charge in [0, 0.05) is 11.1 Å². The molecular formula is C13H18FNO. The summed E-state index contributed by atoms with van der Waals surface area (Å²) in [6.07, 6.45) is 2.86. The van der Waals surface area contributed by atoms with E-state index >= 15 is 0 Å². The van der Waals surface area contributed by atoms with Crippen LogP contribution >= 0.6 is 0 Å². The first-order chi connectivity index (χ1) is 7.53. The Morgan fingerprint density at radius 3 is 2.56 bits per heavy atom. The Morgan fingerprint density at radius 1 is 1.38 bits per heavy atom. The van der Waals surface area contributed by atoms with E-state index in [9.17, 15) is 9.50 Å². The molecule has 2 nitrogen and oxygen atoms in total. The molecule has 1 aliphatic rings. The largest absolute Gasteiger partial charge is 0.508 e. The molecule has 3 N–H and O–H groups in total. The standard InChI is InChI=1S/C13H18FNO/c1-9(14)10-4-5-12(16)11(8-10)13(15)6-2-3-7-13/h4-5,8-9,16H,2-3,6-7,15H2,1H3. The van der Waals surface area contributed by atoms with Gasteiger partial charge in [-0.3, -0.25) is 0 Å². The number of benzene rings is 1. The fourth-order valence-electron chi connectivity index (χ4n) is 2.48. The van der Waals surface area contributed by atoms with Crippen LogP contribution in [-0.4, -0.2) is 5.11 Å². The van der Waals surface area contributed by atoms with Crippen molar-refractivity contribution in [1.29, 1.82) is 0 Å². The van der Waals surface area contributed by atoms with Crippen molar-refractivity contribution >= 4 is 0 Å². The van der Waals surface area contributed by atoms with E-state index in [1.165, 1.54) is 6.92 Å². The molecule has 0 amide bonds. The molecular weight excluding hydrogens is 205 g/mol. The summed E-state index contributed by atoms with van der Waals surface area (Å²) in [5, 5.41) is 9.84. The van der Waals surface area contributed by atoms with Gasteiger partial charge in [-0.25, -0.2) is 4.39 Å². The quantitative estimate of drug-likeness (QED) is 0.809. The van der Waals surface area contributed by atoms with Gasteiger partial charge in [0.25, 0.3) is 0 Å². The Balaban J connectivity index is 2.42. The second-order valence-corrected chi connectivity index (χ2v) is 4.76.